The fraction of sp³-hybridized carbons (Fsp3) is 0.630. The zero-order chi connectivity index (χ0) is 23.7. The Morgan fingerprint density at radius 2 is 1.94 bits per heavy atom. The van der Waals surface area contributed by atoms with Crippen LogP contribution in [0.1, 0.15) is 65.7 Å². The number of nitrogens with one attached hydrogen (secondary N) is 1. The third-order valence-corrected chi connectivity index (χ3v) is 10.1. The second-order valence-corrected chi connectivity index (χ2v) is 11.8. The van der Waals surface area contributed by atoms with Crippen molar-refractivity contribution in [2.24, 2.45) is 34.5 Å². The van der Waals surface area contributed by atoms with Crippen molar-refractivity contribution in [3.8, 4) is 0 Å². The Kier molecular flexibility index (Phi) is 5.43. The number of hydrogen-bond acceptors (Lipinski definition) is 2. The maximum Gasteiger partial charge on any atom is 0.228 e. The molecule has 4 aliphatic rings. The molecule has 5 rings (SSSR count). The highest BCUT2D eigenvalue weighted by molar-refractivity contribution is 6.33. The number of carbonyl (C=O) groups is 2. The maximum atomic E-state index is 13.4. The van der Waals surface area contributed by atoms with Gasteiger partial charge in [-0.05, 0) is 86.8 Å². The molecule has 1 aromatic rings. The van der Waals surface area contributed by atoms with Gasteiger partial charge < -0.3 is 10.2 Å². The van der Waals surface area contributed by atoms with Crippen molar-refractivity contribution >= 4 is 29.1 Å². The molecular formula is C27H34ClFN2O2. The smallest absolute Gasteiger partial charge is 0.228 e. The minimum absolute atomic E-state index is 0.00456. The van der Waals surface area contributed by atoms with Gasteiger partial charge in [-0.2, -0.15) is 0 Å². The number of likely N-dealkylation sites (tertiary alicyclic amines) is 1. The van der Waals surface area contributed by atoms with Gasteiger partial charge in [0.15, 0.2) is 0 Å². The van der Waals surface area contributed by atoms with E-state index in [-0.39, 0.29) is 33.6 Å². The minimum atomic E-state index is -0.409. The molecule has 1 unspecified atom stereocenters. The van der Waals surface area contributed by atoms with E-state index in [1.54, 1.807) is 6.07 Å². The summed E-state index contributed by atoms with van der Waals surface area (Å²) < 4.78 is 13.4. The average molecular weight is 473 g/mol. The topological polar surface area (TPSA) is 49.4 Å². The Bertz CT molecular complexity index is 1050. The van der Waals surface area contributed by atoms with Gasteiger partial charge in [-0.3, -0.25) is 9.59 Å². The van der Waals surface area contributed by atoms with E-state index >= 15 is 0 Å². The third kappa shape index (κ3) is 3.37. The molecule has 0 radical (unpaired) electrons. The molecule has 178 valence electrons. The van der Waals surface area contributed by atoms with Crippen molar-refractivity contribution in [1.29, 1.82) is 0 Å². The number of anilines is 1. The largest absolute Gasteiger partial charge is 0.325 e. The third-order valence-electron chi connectivity index (χ3n) is 9.82. The molecule has 1 heterocycles. The molecule has 2 saturated carbocycles. The van der Waals surface area contributed by atoms with Crippen LogP contribution in [0.4, 0.5) is 10.1 Å². The van der Waals surface area contributed by atoms with E-state index in [1.165, 1.54) is 23.4 Å². The number of allylic oxidation sites excluding steroid dienone is 2. The zero-order valence-electron chi connectivity index (χ0n) is 20.0. The van der Waals surface area contributed by atoms with Crippen LogP contribution in [0.3, 0.4) is 0 Å². The van der Waals surface area contributed by atoms with Crippen LogP contribution in [-0.2, 0) is 9.59 Å². The molecule has 2 amide bonds. The molecule has 0 bridgehead atoms. The first-order chi connectivity index (χ1) is 15.6. The molecule has 3 aliphatic carbocycles. The van der Waals surface area contributed by atoms with E-state index in [0.29, 0.717) is 29.9 Å². The van der Waals surface area contributed by atoms with Gasteiger partial charge in [-0.1, -0.05) is 31.0 Å². The highest BCUT2D eigenvalue weighted by atomic mass is 35.5. The second kappa shape index (κ2) is 7.83. The summed E-state index contributed by atoms with van der Waals surface area (Å²) in [5.41, 5.74) is 3.08. The molecule has 1 saturated heterocycles. The number of rotatable bonds is 2. The van der Waals surface area contributed by atoms with Crippen molar-refractivity contribution < 1.29 is 14.0 Å². The molecular weight excluding hydrogens is 439 g/mol. The van der Waals surface area contributed by atoms with E-state index < -0.39 is 5.82 Å². The molecule has 3 fully saturated rings. The monoisotopic (exact) mass is 472 g/mol. The van der Waals surface area contributed by atoms with Gasteiger partial charge in [-0.15, -0.1) is 0 Å². The van der Waals surface area contributed by atoms with Crippen molar-refractivity contribution in [3.05, 3.63) is 40.3 Å². The lowest BCUT2D eigenvalue weighted by Gasteiger charge is -2.59. The van der Waals surface area contributed by atoms with Gasteiger partial charge in [0.2, 0.25) is 11.8 Å². The summed E-state index contributed by atoms with van der Waals surface area (Å²) in [5, 5.41) is 3.22. The number of hydrogen-bond donors (Lipinski definition) is 1. The summed E-state index contributed by atoms with van der Waals surface area (Å²) in [6, 6.07) is 4.11. The van der Waals surface area contributed by atoms with Crippen LogP contribution in [-0.4, -0.2) is 23.8 Å². The summed E-state index contributed by atoms with van der Waals surface area (Å²) in [6.07, 6.45) is 6.62. The van der Waals surface area contributed by atoms with Crippen molar-refractivity contribution in [3.63, 3.8) is 0 Å². The number of halogens is 2. The van der Waals surface area contributed by atoms with Crippen molar-refractivity contribution in [2.45, 2.75) is 65.7 Å². The Balaban J connectivity index is 1.41. The maximum absolute atomic E-state index is 13.4. The zero-order valence-corrected chi connectivity index (χ0v) is 20.8. The number of benzene rings is 1. The summed E-state index contributed by atoms with van der Waals surface area (Å²) in [6.45, 7) is 6.90. The average Bonchev–Trinajstić information content (AvgIpc) is 3.10. The predicted molar refractivity (Wildman–Crippen MR) is 128 cm³/mol. The predicted octanol–water partition coefficient (Wildman–Crippen LogP) is 6.41. The molecule has 1 aromatic carbocycles. The lowest BCUT2D eigenvalue weighted by atomic mass is 9.48. The molecule has 4 nitrogen and oxygen atoms in total. The van der Waals surface area contributed by atoms with E-state index in [1.807, 2.05) is 11.9 Å². The lowest BCUT2D eigenvalue weighted by molar-refractivity contribution is -0.137. The summed E-state index contributed by atoms with van der Waals surface area (Å²) in [5.74, 6) is 1.35. The molecule has 1 aliphatic heterocycles. The van der Waals surface area contributed by atoms with Crippen LogP contribution in [0.2, 0.25) is 5.02 Å². The van der Waals surface area contributed by atoms with Gasteiger partial charge >= 0.3 is 0 Å². The van der Waals surface area contributed by atoms with Crippen molar-refractivity contribution in [2.75, 3.05) is 12.4 Å². The first-order valence-corrected chi connectivity index (χ1v) is 12.7. The number of amides is 2. The number of nitrogens with zero attached hydrogens (tertiary/aromatic N) is 1. The molecule has 33 heavy (non-hydrogen) atoms. The molecule has 6 heteroatoms. The van der Waals surface area contributed by atoms with Crippen LogP contribution in [0, 0.1) is 40.3 Å². The van der Waals surface area contributed by atoms with Crippen LogP contribution >= 0.6 is 11.6 Å². The highest BCUT2D eigenvalue weighted by Gasteiger charge is 2.61. The van der Waals surface area contributed by atoms with E-state index in [2.05, 4.69) is 26.1 Å². The summed E-state index contributed by atoms with van der Waals surface area (Å²) >= 11 is 6.17. The van der Waals surface area contributed by atoms with Crippen LogP contribution in [0.5, 0.6) is 0 Å². The first-order valence-electron chi connectivity index (χ1n) is 12.3. The first kappa shape index (κ1) is 22.9. The molecule has 6 atom stereocenters. The SMILES string of the molecule is CC1=C2N(C)C(=O)CC[C@]2(C)[C@@H]2CC[C@]3(C)C(C(=O)Nc4ccc(F)cc4Cl)CC[C@H]3[C@@H]2C1. The van der Waals surface area contributed by atoms with Crippen LogP contribution < -0.4 is 5.32 Å². The molecule has 1 N–H and O–H groups in total. The van der Waals surface area contributed by atoms with Gasteiger partial charge in [-0.25, -0.2) is 4.39 Å². The van der Waals surface area contributed by atoms with Gasteiger partial charge in [0, 0.05) is 30.5 Å². The quantitative estimate of drug-likeness (QED) is 0.540. The van der Waals surface area contributed by atoms with E-state index in [0.717, 1.165) is 38.5 Å². The second-order valence-electron chi connectivity index (χ2n) is 11.4. The molecule has 0 aromatic heterocycles. The fourth-order valence-corrected chi connectivity index (χ4v) is 8.56. The fourth-order valence-electron chi connectivity index (χ4n) is 8.35. The van der Waals surface area contributed by atoms with Gasteiger partial charge in [0.1, 0.15) is 5.82 Å². The van der Waals surface area contributed by atoms with Gasteiger partial charge in [0.25, 0.3) is 0 Å². The standard InChI is InChI=1S/C27H34ClFN2O2/c1-15-13-17-18-6-7-20(25(33)30-22-8-5-16(29)14-21(22)28)26(18,2)11-9-19(17)27(3)12-10-23(32)31(4)24(15)27/h5,8,14,17-20H,6-7,9-13H2,1-4H3,(H,30,33)/t17-,18-,19+,20?,26-,27+/m0/s1. The lowest BCUT2D eigenvalue weighted by Crippen LogP contribution is -2.54. The normalized spacial score (nSPS) is 38.0. The number of carbonyl (C=O) groups excluding carboxylic acids is 2. The number of fused-ring (bicyclic) bond motifs is 5. The molecule has 0 spiro atoms. The van der Waals surface area contributed by atoms with E-state index in [9.17, 15) is 14.0 Å². The Labute approximate surface area is 200 Å². The summed E-state index contributed by atoms with van der Waals surface area (Å²) in [4.78, 5) is 27.8. The Morgan fingerprint density at radius 1 is 1.18 bits per heavy atom. The highest BCUT2D eigenvalue weighted by Crippen LogP contribution is 2.66. The minimum Gasteiger partial charge on any atom is -0.325 e. The Hall–Kier alpha value is -1.88. The summed E-state index contributed by atoms with van der Waals surface area (Å²) in [7, 11) is 1.95. The van der Waals surface area contributed by atoms with Gasteiger partial charge in [0.05, 0.1) is 10.7 Å². The van der Waals surface area contributed by atoms with Crippen LogP contribution in [0.15, 0.2) is 29.5 Å². The van der Waals surface area contributed by atoms with Crippen molar-refractivity contribution in [1.82, 2.24) is 4.90 Å². The van der Waals surface area contributed by atoms with Crippen LogP contribution in [0.25, 0.3) is 0 Å². The van der Waals surface area contributed by atoms with E-state index in [4.69, 9.17) is 11.6 Å². The number of piperidine rings is 1. The Morgan fingerprint density at radius 3 is 2.67 bits per heavy atom.